The number of carbonyl (C=O) groups excluding carboxylic acids is 2. The van der Waals surface area contributed by atoms with E-state index in [-0.39, 0.29) is 26.1 Å². The van der Waals surface area contributed by atoms with Gasteiger partial charge < -0.3 is 18.9 Å². The Morgan fingerprint density at radius 2 is 0.778 bits per heavy atom. The standard InChI is InChI=1S/C62H108NO8P/c1-6-8-10-12-14-16-18-20-21-22-23-24-25-26-27-28-29-30-31-32-33-34-35-36-37-38-39-40-41-43-45-47-49-51-53-55-62(65)71-60(59-70-72(66,67)69-57-56-63(3,4)5)58-68-61(64)54-52-50-48-46-44-42-19-17-15-13-11-9-7-2/h8-11,14-17,20-21,23-24,42,44,48,50,60H,6-7,12-13,18-19,22,25-41,43,45-47,49,51-59H2,1-5H3/p+1/b10-8-,11-9-,16-14-,17-15-,21-20-,24-23-,44-42-,50-48-. The zero-order valence-electron chi connectivity index (χ0n) is 46.9. The largest absolute Gasteiger partial charge is 0.472 e. The van der Waals surface area contributed by atoms with Crippen LogP contribution in [0.1, 0.15) is 232 Å². The second-order valence-electron chi connectivity index (χ2n) is 20.3. The minimum absolute atomic E-state index is 0.0188. The molecule has 0 spiro atoms. The van der Waals surface area contributed by atoms with Crippen LogP contribution in [0.4, 0.5) is 0 Å². The molecule has 0 saturated heterocycles. The number of hydrogen-bond acceptors (Lipinski definition) is 7. The van der Waals surface area contributed by atoms with Crippen molar-refractivity contribution in [2.24, 2.45) is 0 Å². The van der Waals surface area contributed by atoms with Crippen LogP contribution in [0.15, 0.2) is 97.2 Å². The molecule has 0 aliphatic rings. The SMILES string of the molecule is CC/C=C\C/C=C\C/C=C\C/C=C\CCCCCCCCCCCCCCCCCCCCCCCCC(=O)OC(COC(=O)CC/C=C\C/C=C\C/C=C\C/C=C\CC)COP(=O)(O)OCC[N+](C)(C)C. The predicted molar refractivity (Wildman–Crippen MR) is 307 cm³/mol. The van der Waals surface area contributed by atoms with Gasteiger partial charge in [-0.25, -0.2) is 4.57 Å². The molecule has 0 aromatic carbocycles. The van der Waals surface area contributed by atoms with Crippen molar-refractivity contribution in [3.05, 3.63) is 97.2 Å². The number of phosphoric acid groups is 1. The first kappa shape index (κ1) is 68.9. The highest BCUT2D eigenvalue weighted by molar-refractivity contribution is 7.47. The summed E-state index contributed by atoms with van der Waals surface area (Å²) in [6.45, 7) is 4.12. The smallest absolute Gasteiger partial charge is 0.462 e. The van der Waals surface area contributed by atoms with Gasteiger partial charge in [0, 0.05) is 12.8 Å². The number of hydrogen-bond donors (Lipinski definition) is 1. The number of ether oxygens (including phenoxy) is 2. The summed E-state index contributed by atoms with van der Waals surface area (Å²) < 4.78 is 34.4. The highest BCUT2D eigenvalue weighted by atomic mass is 31.2. The Morgan fingerprint density at radius 3 is 1.17 bits per heavy atom. The molecule has 0 fully saturated rings. The number of unbranched alkanes of at least 4 members (excludes halogenated alkanes) is 22. The molecule has 0 amide bonds. The van der Waals surface area contributed by atoms with E-state index in [1.54, 1.807) is 0 Å². The third kappa shape index (κ3) is 56.2. The van der Waals surface area contributed by atoms with Crippen LogP contribution in [0.3, 0.4) is 0 Å². The maximum atomic E-state index is 12.8. The lowest BCUT2D eigenvalue weighted by molar-refractivity contribution is -0.870. The molecule has 0 heterocycles. The summed E-state index contributed by atoms with van der Waals surface area (Å²) >= 11 is 0. The maximum absolute atomic E-state index is 12.8. The van der Waals surface area contributed by atoms with E-state index < -0.39 is 32.5 Å². The van der Waals surface area contributed by atoms with E-state index in [9.17, 15) is 19.0 Å². The number of esters is 2. The monoisotopic (exact) mass is 1030 g/mol. The highest BCUT2D eigenvalue weighted by Gasteiger charge is 2.27. The van der Waals surface area contributed by atoms with Crippen molar-refractivity contribution in [3.8, 4) is 0 Å². The lowest BCUT2D eigenvalue weighted by atomic mass is 10.0. The van der Waals surface area contributed by atoms with Crippen LogP contribution >= 0.6 is 7.82 Å². The number of quaternary nitrogens is 1. The van der Waals surface area contributed by atoms with Gasteiger partial charge in [-0.1, -0.05) is 239 Å². The van der Waals surface area contributed by atoms with Gasteiger partial charge in [0.25, 0.3) is 0 Å². The Kier molecular flexibility index (Phi) is 50.5. The molecule has 0 aromatic heterocycles. The zero-order chi connectivity index (χ0) is 52.7. The Morgan fingerprint density at radius 1 is 0.431 bits per heavy atom. The van der Waals surface area contributed by atoms with Crippen molar-refractivity contribution in [3.63, 3.8) is 0 Å². The van der Waals surface area contributed by atoms with Gasteiger partial charge in [0.15, 0.2) is 6.10 Å². The van der Waals surface area contributed by atoms with Crippen LogP contribution in [0.2, 0.25) is 0 Å². The molecule has 0 aromatic rings. The van der Waals surface area contributed by atoms with Crippen molar-refractivity contribution in [2.45, 2.75) is 238 Å². The Balaban J connectivity index is 4.01. The Labute approximate surface area is 443 Å². The lowest BCUT2D eigenvalue weighted by Gasteiger charge is -2.24. The first-order valence-electron chi connectivity index (χ1n) is 29.0. The zero-order valence-corrected chi connectivity index (χ0v) is 47.8. The van der Waals surface area contributed by atoms with Crippen LogP contribution in [0, 0.1) is 0 Å². The first-order valence-corrected chi connectivity index (χ1v) is 30.5. The van der Waals surface area contributed by atoms with Gasteiger partial charge in [-0.05, 0) is 77.0 Å². The normalized spacial score (nSPS) is 14.0. The fourth-order valence-electron chi connectivity index (χ4n) is 7.73. The van der Waals surface area contributed by atoms with Gasteiger partial charge in [0.05, 0.1) is 27.7 Å². The molecule has 0 rings (SSSR count). The van der Waals surface area contributed by atoms with Crippen LogP contribution in [-0.2, 0) is 32.7 Å². The van der Waals surface area contributed by atoms with E-state index in [2.05, 4.69) is 98.9 Å². The van der Waals surface area contributed by atoms with Crippen LogP contribution in [-0.4, -0.2) is 74.9 Å². The van der Waals surface area contributed by atoms with E-state index in [4.69, 9.17) is 18.5 Å². The average Bonchev–Trinajstić information content (AvgIpc) is 3.34. The topological polar surface area (TPSA) is 108 Å². The summed E-state index contributed by atoms with van der Waals surface area (Å²) in [6.07, 6.45) is 72.4. The molecular formula is C62H109NO8P+. The molecule has 9 nitrogen and oxygen atoms in total. The van der Waals surface area contributed by atoms with Crippen molar-refractivity contribution < 1.29 is 42.1 Å². The fraction of sp³-hybridized carbons (Fsp3) is 0.710. The molecule has 0 bridgehead atoms. The number of nitrogens with zero attached hydrogens (tertiary/aromatic N) is 1. The molecule has 414 valence electrons. The van der Waals surface area contributed by atoms with Crippen LogP contribution in [0.5, 0.6) is 0 Å². The number of carbonyl (C=O) groups is 2. The van der Waals surface area contributed by atoms with Crippen molar-refractivity contribution in [2.75, 3.05) is 47.5 Å². The van der Waals surface area contributed by atoms with Gasteiger partial charge >= 0.3 is 19.8 Å². The second-order valence-corrected chi connectivity index (χ2v) is 21.7. The van der Waals surface area contributed by atoms with E-state index in [0.717, 1.165) is 70.6 Å². The summed E-state index contributed by atoms with van der Waals surface area (Å²) in [5.74, 6) is -0.891. The summed E-state index contributed by atoms with van der Waals surface area (Å²) in [5, 5.41) is 0. The highest BCUT2D eigenvalue weighted by Crippen LogP contribution is 2.43. The molecule has 10 heteroatoms. The number of phosphoric ester groups is 1. The van der Waals surface area contributed by atoms with Gasteiger partial charge in [-0.15, -0.1) is 0 Å². The third-order valence-electron chi connectivity index (χ3n) is 12.1. The van der Waals surface area contributed by atoms with Crippen molar-refractivity contribution >= 4 is 19.8 Å². The maximum Gasteiger partial charge on any atom is 0.472 e. The number of likely N-dealkylation sites (N-methyl/N-ethyl adjacent to an activating group) is 1. The van der Waals surface area contributed by atoms with E-state index in [1.165, 1.54) is 122 Å². The molecule has 72 heavy (non-hydrogen) atoms. The Bertz CT molecular complexity index is 1540. The molecule has 2 atom stereocenters. The van der Waals surface area contributed by atoms with Gasteiger partial charge in [-0.2, -0.15) is 0 Å². The molecule has 0 saturated carbocycles. The first-order chi connectivity index (χ1) is 35.0. The minimum atomic E-state index is -4.40. The third-order valence-corrected chi connectivity index (χ3v) is 13.1. The van der Waals surface area contributed by atoms with Gasteiger partial charge in [0.2, 0.25) is 0 Å². The van der Waals surface area contributed by atoms with Gasteiger partial charge in [-0.3, -0.25) is 18.6 Å². The van der Waals surface area contributed by atoms with Gasteiger partial charge in [0.1, 0.15) is 19.8 Å². The molecule has 0 radical (unpaired) electrons. The molecular weight excluding hydrogens is 918 g/mol. The number of allylic oxidation sites excluding steroid dienone is 16. The number of rotatable bonds is 52. The summed E-state index contributed by atoms with van der Waals surface area (Å²) in [5.41, 5.74) is 0. The average molecular weight is 1030 g/mol. The summed E-state index contributed by atoms with van der Waals surface area (Å²) in [4.78, 5) is 35.5. The van der Waals surface area contributed by atoms with E-state index >= 15 is 0 Å². The lowest BCUT2D eigenvalue weighted by Crippen LogP contribution is -2.37. The minimum Gasteiger partial charge on any atom is -0.462 e. The van der Waals surface area contributed by atoms with E-state index in [1.807, 2.05) is 33.3 Å². The second kappa shape index (κ2) is 52.8. The summed E-state index contributed by atoms with van der Waals surface area (Å²) in [6, 6.07) is 0. The van der Waals surface area contributed by atoms with Crippen LogP contribution < -0.4 is 0 Å². The molecule has 0 aliphatic heterocycles. The molecule has 0 aliphatic carbocycles. The van der Waals surface area contributed by atoms with Crippen molar-refractivity contribution in [1.82, 2.24) is 0 Å². The van der Waals surface area contributed by atoms with Crippen LogP contribution in [0.25, 0.3) is 0 Å². The molecule has 1 N–H and O–H groups in total. The molecule has 2 unspecified atom stereocenters. The van der Waals surface area contributed by atoms with Crippen molar-refractivity contribution in [1.29, 1.82) is 0 Å². The fourth-order valence-corrected chi connectivity index (χ4v) is 8.47. The van der Waals surface area contributed by atoms with E-state index in [0.29, 0.717) is 23.9 Å². The predicted octanol–water partition coefficient (Wildman–Crippen LogP) is 18.0. The summed E-state index contributed by atoms with van der Waals surface area (Å²) in [7, 11) is 1.44. The quantitative estimate of drug-likeness (QED) is 0.0211. The Hall–Kier alpha value is -3.07.